The standard InChI is InChI=1S/C20H23ClN6O/c1-11-5-4-6-12(9-11)24-18-16-13(10-23-27-20(16)28)17(21)19(26-18)25-15-8-3-2-7-14(15)22/h4-6,9-10,14-15H,2-3,7-8,22H2,1H3,(H,27,28)(H2,24,25,26). The molecular weight excluding hydrogens is 376 g/mol. The molecular formula is C20H23ClN6O. The van der Waals surface area contributed by atoms with Crippen LogP contribution in [0.2, 0.25) is 5.02 Å². The number of pyridine rings is 1. The number of nitrogens with two attached hydrogens (primary N) is 1. The van der Waals surface area contributed by atoms with Crippen molar-refractivity contribution in [1.82, 2.24) is 15.2 Å². The van der Waals surface area contributed by atoms with Crippen LogP contribution in [0.5, 0.6) is 0 Å². The number of benzene rings is 1. The van der Waals surface area contributed by atoms with Gasteiger partial charge in [-0.3, -0.25) is 4.79 Å². The number of aromatic amines is 1. The maximum Gasteiger partial charge on any atom is 0.275 e. The van der Waals surface area contributed by atoms with Crippen LogP contribution in [0.3, 0.4) is 0 Å². The van der Waals surface area contributed by atoms with Gasteiger partial charge in [-0.05, 0) is 37.5 Å². The van der Waals surface area contributed by atoms with Gasteiger partial charge in [-0.2, -0.15) is 5.10 Å². The van der Waals surface area contributed by atoms with E-state index < -0.39 is 0 Å². The van der Waals surface area contributed by atoms with E-state index in [4.69, 9.17) is 17.3 Å². The second-order valence-electron chi connectivity index (χ2n) is 7.30. The molecule has 1 fully saturated rings. The van der Waals surface area contributed by atoms with E-state index in [1.54, 1.807) is 6.20 Å². The minimum Gasteiger partial charge on any atom is -0.364 e. The molecule has 3 aromatic rings. The Morgan fingerprint density at radius 1 is 1.25 bits per heavy atom. The molecule has 1 saturated carbocycles. The molecule has 146 valence electrons. The monoisotopic (exact) mass is 398 g/mol. The summed E-state index contributed by atoms with van der Waals surface area (Å²) in [6.45, 7) is 2.01. The van der Waals surface area contributed by atoms with Crippen LogP contribution in [0.1, 0.15) is 31.2 Å². The molecule has 0 saturated heterocycles. The van der Waals surface area contributed by atoms with Crippen LogP contribution in [0.4, 0.5) is 17.3 Å². The zero-order chi connectivity index (χ0) is 19.7. The van der Waals surface area contributed by atoms with Gasteiger partial charge in [0.1, 0.15) is 11.6 Å². The van der Waals surface area contributed by atoms with Crippen molar-refractivity contribution >= 4 is 39.7 Å². The Morgan fingerprint density at radius 3 is 2.86 bits per heavy atom. The van der Waals surface area contributed by atoms with Gasteiger partial charge in [-0.15, -0.1) is 0 Å². The van der Waals surface area contributed by atoms with Gasteiger partial charge in [0.15, 0.2) is 0 Å². The van der Waals surface area contributed by atoms with E-state index >= 15 is 0 Å². The average molecular weight is 399 g/mol. The summed E-state index contributed by atoms with van der Waals surface area (Å²) < 4.78 is 0. The fraction of sp³-hybridized carbons (Fsp3) is 0.350. The lowest BCUT2D eigenvalue weighted by molar-refractivity contribution is 0.403. The van der Waals surface area contributed by atoms with Gasteiger partial charge in [0.2, 0.25) is 0 Å². The molecule has 1 aliphatic carbocycles. The zero-order valence-electron chi connectivity index (χ0n) is 15.6. The number of nitrogens with zero attached hydrogens (tertiary/aromatic N) is 2. The Bertz CT molecular complexity index is 1070. The maximum absolute atomic E-state index is 12.5. The maximum atomic E-state index is 12.5. The third-order valence-electron chi connectivity index (χ3n) is 5.18. The highest BCUT2D eigenvalue weighted by molar-refractivity contribution is 6.38. The highest BCUT2D eigenvalue weighted by Gasteiger charge is 2.24. The van der Waals surface area contributed by atoms with E-state index in [0.29, 0.717) is 27.4 Å². The summed E-state index contributed by atoms with van der Waals surface area (Å²) in [5, 5.41) is 14.3. The van der Waals surface area contributed by atoms with E-state index in [-0.39, 0.29) is 17.6 Å². The Balaban J connectivity index is 1.80. The second kappa shape index (κ2) is 7.77. The highest BCUT2D eigenvalue weighted by atomic mass is 35.5. The number of fused-ring (bicyclic) bond motifs is 1. The van der Waals surface area contributed by atoms with Gasteiger partial charge in [0, 0.05) is 23.2 Å². The molecule has 5 N–H and O–H groups in total. The molecule has 0 bridgehead atoms. The lowest BCUT2D eigenvalue weighted by Crippen LogP contribution is -2.42. The van der Waals surface area contributed by atoms with Gasteiger partial charge in [-0.25, -0.2) is 10.1 Å². The van der Waals surface area contributed by atoms with Crippen molar-refractivity contribution in [3.05, 3.63) is 51.4 Å². The van der Waals surface area contributed by atoms with E-state index in [9.17, 15) is 4.79 Å². The molecule has 7 nitrogen and oxygen atoms in total. The van der Waals surface area contributed by atoms with Gasteiger partial charge in [0.05, 0.1) is 16.6 Å². The van der Waals surface area contributed by atoms with Gasteiger partial charge in [-0.1, -0.05) is 36.6 Å². The first-order valence-corrected chi connectivity index (χ1v) is 9.83. The van der Waals surface area contributed by atoms with E-state index in [2.05, 4.69) is 25.8 Å². The molecule has 28 heavy (non-hydrogen) atoms. The summed E-state index contributed by atoms with van der Waals surface area (Å²) in [6.07, 6.45) is 5.74. The number of anilines is 3. The number of aryl methyl sites for hydroxylation is 1. The van der Waals surface area contributed by atoms with E-state index in [1.165, 1.54) is 0 Å². The fourth-order valence-corrected chi connectivity index (χ4v) is 3.94. The Morgan fingerprint density at radius 2 is 2.07 bits per heavy atom. The van der Waals surface area contributed by atoms with Gasteiger partial charge < -0.3 is 16.4 Å². The normalized spacial score (nSPS) is 19.5. The SMILES string of the molecule is Cc1cccc(Nc2nc(NC3CCCCC3N)c(Cl)c3cn[nH]c(=O)c23)c1. The summed E-state index contributed by atoms with van der Waals surface area (Å²) in [7, 11) is 0. The number of nitrogens with one attached hydrogen (secondary N) is 3. The molecule has 0 radical (unpaired) electrons. The van der Waals surface area contributed by atoms with Crippen molar-refractivity contribution < 1.29 is 0 Å². The van der Waals surface area contributed by atoms with Crippen LogP contribution in [0, 0.1) is 6.92 Å². The van der Waals surface area contributed by atoms with Crippen molar-refractivity contribution in [1.29, 1.82) is 0 Å². The molecule has 2 heterocycles. The number of aromatic nitrogens is 3. The Kier molecular flexibility index (Phi) is 5.19. The van der Waals surface area contributed by atoms with E-state index in [0.717, 1.165) is 36.9 Å². The largest absolute Gasteiger partial charge is 0.364 e. The first kappa shape index (κ1) is 18.7. The number of rotatable bonds is 4. The predicted molar refractivity (Wildman–Crippen MR) is 113 cm³/mol. The van der Waals surface area contributed by atoms with Crippen LogP contribution in [-0.2, 0) is 0 Å². The number of hydrogen-bond acceptors (Lipinski definition) is 6. The summed E-state index contributed by atoms with van der Waals surface area (Å²) >= 11 is 6.59. The molecule has 4 rings (SSSR count). The zero-order valence-corrected chi connectivity index (χ0v) is 16.4. The topological polar surface area (TPSA) is 109 Å². The highest BCUT2D eigenvalue weighted by Crippen LogP contribution is 2.34. The lowest BCUT2D eigenvalue weighted by Gasteiger charge is -2.30. The van der Waals surface area contributed by atoms with Gasteiger partial charge in [0.25, 0.3) is 5.56 Å². The van der Waals surface area contributed by atoms with Crippen LogP contribution in [-0.4, -0.2) is 27.3 Å². The molecule has 0 amide bonds. The fourth-order valence-electron chi connectivity index (χ4n) is 3.70. The van der Waals surface area contributed by atoms with Crippen LogP contribution in [0.15, 0.2) is 35.3 Å². The van der Waals surface area contributed by atoms with Crippen molar-refractivity contribution in [2.24, 2.45) is 5.73 Å². The molecule has 2 aromatic heterocycles. The van der Waals surface area contributed by atoms with Crippen molar-refractivity contribution in [2.75, 3.05) is 10.6 Å². The molecule has 2 unspecified atom stereocenters. The first-order valence-electron chi connectivity index (χ1n) is 9.45. The number of H-pyrrole nitrogens is 1. The summed E-state index contributed by atoms with van der Waals surface area (Å²) in [5.41, 5.74) is 7.87. The number of halogens is 1. The second-order valence-corrected chi connectivity index (χ2v) is 7.68. The molecule has 0 aliphatic heterocycles. The average Bonchev–Trinajstić information content (AvgIpc) is 2.67. The van der Waals surface area contributed by atoms with Crippen molar-refractivity contribution in [3.8, 4) is 0 Å². The Hall–Kier alpha value is -2.64. The molecule has 0 spiro atoms. The molecule has 2 atom stereocenters. The van der Waals surface area contributed by atoms with Crippen molar-refractivity contribution in [3.63, 3.8) is 0 Å². The molecule has 1 aliphatic rings. The van der Waals surface area contributed by atoms with Crippen molar-refractivity contribution in [2.45, 2.75) is 44.7 Å². The number of hydrogen-bond donors (Lipinski definition) is 4. The van der Waals surface area contributed by atoms with Crippen LogP contribution < -0.4 is 21.9 Å². The third kappa shape index (κ3) is 3.68. The third-order valence-corrected chi connectivity index (χ3v) is 5.57. The Labute approximate surface area is 167 Å². The van der Waals surface area contributed by atoms with E-state index in [1.807, 2.05) is 31.2 Å². The summed E-state index contributed by atoms with van der Waals surface area (Å²) in [6, 6.07) is 8.01. The molecule has 8 heteroatoms. The quantitative estimate of drug-likeness (QED) is 0.533. The lowest BCUT2D eigenvalue weighted by atomic mass is 9.91. The summed E-state index contributed by atoms with van der Waals surface area (Å²) in [4.78, 5) is 17.1. The smallest absolute Gasteiger partial charge is 0.275 e. The molecule has 1 aromatic carbocycles. The summed E-state index contributed by atoms with van der Waals surface area (Å²) in [5.74, 6) is 0.944. The minimum atomic E-state index is -0.344. The first-order chi connectivity index (χ1) is 13.5. The van der Waals surface area contributed by atoms with Gasteiger partial charge >= 0.3 is 0 Å². The predicted octanol–water partition coefficient (Wildman–Crippen LogP) is 3.71. The van der Waals surface area contributed by atoms with Crippen LogP contribution in [0.25, 0.3) is 10.8 Å². The van der Waals surface area contributed by atoms with Crippen LogP contribution >= 0.6 is 11.6 Å². The minimum absolute atomic E-state index is 0.0489.